The predicted octanol–water partition coefficient (Wildman–Crippen LogP) is 3.39. The first kappa shape index (κ1) is 19.0. The van der Waals surface area contributed by atoms with Gasteiger partial charge in [-0.15, -0.1) is 0 Å². The molecule has 1 saturated carbocycles. The molecule has 0 heterocycles. The van der Waals surface area contributed by atoms with Gasteiger partial charge in [-0.05, 0) is 74.1 Å². The molecule has 0 saturated heterocycles. The van der Waals surface area contributed by atoms with Crippen LogP contribution in [0.5, 0.6) is 5.75 Å². The molecule has 0 atom stereocenters. The summed E-state index contributed by atoms with van der Waals surface area (Å²) in [5.41, 5.74) is 3.10. The van der Waals surface area contributed by atoms with E-state index in [-0.39, 0.29) is 11.8 Å². The van der Waals surface area contributed by atoms with Crippen LogP contribution in [0.15, 0.2) is 42.5 Å². The molecule has 1 fully saturated rings. The highest BCUT2D eigenvalue weighted by Gasteiger charge is 2.56. The molecule has 5 heteroatoms. The second-order valence-electron chi connectivity index (χ2n) is 7.27. The summed E-state index contributed by atoms with van der Waals surface area (Å²) >= 11 is 0. The van der Waals surface area contributed by atoms with Crippen molar-refractivity contribution in [3.63, 3.8) is 0 Å². The van der Waals surface area contributed by atoms with Crippen LogP contribution in [0.2, 0.25) is 0 Å². The third-order valence-electron chi connectivity index (χ3n) is 4.96. The molecule has 1 aliphatic rings. The number of rotatable bonds is 7. The van der Waals surface area contributed by atoms with E-state index in [1.807, 2.05) is 50.2 Å². The molecule has 2 aromatic rings. The molecule has 0 aromatic heterocycles. The molecule has 3 rings (SSSR count). The SMILES string of the molecule is COc1ccc(CCNC(=O)C2(C(=O)Nc3cc(C)cc(C)c3)CC2)cc1. The Morgan fingerprint density at radius 3 is 2.19 bits per heavy atom. The molecule has 0 aliphatic heterocycles. The number of benzene rings is 2. The minimum absolute atomic E-state index is 0.183. The minimum atomic E-state index is -0.919. The van der Waals surface area contributed by atoms with Crippen molar-refractivity contribution in [3.8, 4) is 5.75 Å². The third kappa shape index (κ3) is 4.48. The lowest BCUT2D eigenvalue weighted by atomic mass is 10.0. The lowest BCUT2D eigenvalue weighted by molar-refractivity contribution is -0.134. The number of amides is 2. The van der Waals surface area contributed by atoms with Crippen LogP contribution in [0, 0.1) is 19.3 Å². The van der Waals surface area contributed by atoms with Crippen molar-refractivity contribution < 1.29 is 14.3 Å². The number of hydrogen-bond acceptors (Lipinski definition) is 3. The number of carbonyl (C=O) groups is 2. The van der Waals surface area contributed by atoms with Gasteiger partial charge in [-0.2, -0.15) is 0 Å². The van der Waals surface area contributed by atoms with Crippen molar-refractivity contribution in [2.24, 2.45) is 5.41 Å². The minimum Gasteiger partial charge on any atom is -0.497 e. The summed E-state index contributed by atoms with van der Waals surface area (Å²) in [4.78, 5) is 25.3. The number of nitrogens with one attached hydrogen (secondary N) is 2. The largest absolute Gasteiger partial charge is 0.497 e. The van der Waals surface area contributed by atoms with Crippen LogP contribution in [0.1, 0.15) is 29.5 Å². The molecule has 2 aromatic carbocycles. The first-order valence-corrected chi connectivity index (χ1v) is 9.24. The summed E-state index contributed by atoms with van der Waals surface area (Å²) in [6, 6.07) is 13.6. The fraction of sp³-hybridized carbons (Fsp3) is 0.364. The van der Waals surface area contributed by atoms with Crippen LogP contribution >= 0.6 is 0 Å². The molecule has 0 bridgehead atoms. The highest BCUT2D eigenvalue weighted by Crippen LogP contribution is 2.46. The van der Waals surface area contributed by atoms with E-state index >= 15 is 0 Å². The molecule has 0 unspecified atom stereocenters. The van der Waals surface area contributed by atoms with E-state index in [1.54, 1.807) is 7.11 Å². The maximum atomic E-state index is 12.7. The number of hydrogen-bond donors (Lipinski definition) is 2. The summed E-state index contributed by atoms with van der Waals surface area (Å²) in [5, 5.41) is 5.84. The van der Waals surface area contributed by atoms with Gasteiger partial charge >= 0.3 is 0 Å². The fourth-order valence-electron chi connectivity index (χ4n) is 3.26. The molecular weight excluding hydrogens is 340 g/mol. The Morgan fingerprint density at radius 1 is 1.00 bits per heavy atom. The number of carbonyl (C=O) groups excluding carboxylic acids is 2. The van der Waals surface area contributed by atoms with Gasteiger partial charge in [0, 0.05) is 12.2 Å². The van der Waals surface area contributed by atoms with Gasteiger partial charge in [0.25, 0.3) is 0 Å². The van der Waals surface area contributed by atoms with E-state index in [1.165, 1.54) is 0 Å². The fourth-order valence-corrected chi connectivity index (χ4v) is 3.26. The average molecular weight is 366 g/mol. The van der Waals surface area contributed by atoms with Crippen molar-refractivity contribution in [3.05, 3.63) is 59.2 Å². The van der Waals surface area contributed by atoms with Crippen molar-refractivity contribution in [2.45, 2.75) is 33.1 Å². The summed E-state index contributed by atoms with van der Waals surface area (Å²) in [7, 11) is 1.63. The molecular formula is C22H26N2O3. The zero-order valence-electron chi connectivity index (χ0n) is 16.1. The van der Waals surface area contributed by atoms with Crippen LogP contribution in [0.25, 0.3) is 0 Å². The van der Waals surface area contributed by atoms with Crippen molar-refractivity contribution in [1.82, 2.24) is 5.32 Å². The van der Waals surface area contributed by atoms with Gasteiger partial charge in [0.2, 0.25) is 11.8 Å². The highest BCUT2D eigenvalue weighted by molar-refractivity contribution is 6.13. The van der Waals surface area contributed by atoms with Gasteiger partial charge in [0.1, 0.15) is 11.2 Å². The van der Waals surface area contributed by atoms with E-state index in [9.17, 15) is 9.59 Å². The Labute approximate surface area is 160 Å². The number of anilines is 1. The molecule has 2 amide bonds. The maximum absolute atomic E-state index is 12.7. The zero-order valence-corrected chi connectivity index (χ0v) is 16.1. The monoisotopic (exact) mass is 366 g/mol. The van der Waals surface area contributed by atoms with Crippen LogP contribution in [0.4, 0.5) is 5.69 Å². The molecule has 1 aliphatic carbocycles. The standard InChI is InChI=1S/C22H26N2O3/c1-15-12-16(2)14-18(13-15)24-21(26)22(9-10-22)20(25)23-11-8-17-4-6-19(27-3)7-5-17/h4-7,12-14H,8-11H2,1-3H3,(H,23,25)(H,24,26). The van der Waals surface area contributed by atoms with Gasteiger partial charge in [0.05, 0.1) is 7.11 Å². The first-order chi connectivity index (χ1) is 12.9. The first-order valence-electron chi connectivity index (χ1n) is 9.24. The summed E-state index contributed by atoms with van der Waals surface area (Å²) < 4.78 is 5.14. The quantitative estimate of drug-likeness (QED) is 0.738. The predicted molar refractivity (Wildman–Crippen MR) is 106 cm³/mol. The second-order valence-corrected chi connectivity index (χ2v) is 7.27. The van der Waals surface area contributed by atoms with Crippen molar-refractivity contribution in [1.29, 1.82) is 0 Å². The Balaban J connectivity index is 1.54. The molecule has 0 spiro atoms. The van der Waals surface area contributed by atoms with E-state index in [0.717, 1.165) is 28.1 Å². The molecule has 0 radical (unpaired) electrons. The van der Waals surface area contributed by atoms with Crippen molar-refractivity contribution >= 4 is 17.5 Å². The topological polar surface area (TPSA) is 67.4 Å². The smallest absolute Gasteiger partial charge is 0.240 e. The number of aryl methyl sites for hydroxylation is 2. The second kappa shape index (κ2) is 7.82. The Morgan fingerprint density at radius 2 is 1.63 bits per heavy atom. The Hall–Kier alpha value is -2.82. The van der Waals surface area contributed by atoms with E-state index in [0.29, 0.717) is 25.8 Å². The van der Waals surface area contributed by atoms with Gasteiger partial charge < -0.3 is 15.4 Å². The summed E-state index contributed by atoms with van der Waals surface area (Å²) in [5.74, 6) is 0.412. The molecule has 27 heavy (non-hydrogen) atoms. The molecule has 5 nitrogen and oxygen atoms in total. The average Bonchev–Trinajstić information content (AvgIpc) is 3.43. The summed E-state index contributed by atoms with van der Waals surface area (Å²) in [6.07, 6.45) is 1.90. The maximum Gasteiger partial charge on any atom is 0.240 e. The lowest BCUT2D eigenvalue weighted by Crippen LogP contribution is -2.40. The number of ether oxygens (including phenoxy) is 1. The van der Waals surface area contributed by atoms with Crippen LogP contribution in [0.3, 0.4) is 0 Å². The van der Waals surface area contributed by atoms with Crippen molar-refractivity contribution in [2.75, 3.05) is 19.0 Å². The lowest BCUT2D eigenvalue weighted by Gasteiger charge is -2.16. The van der Waals surface area contributed by atoms with Crippen LogP contribution in [-0.4, -0.2) is 25.5 Å². The molecule has 142 valence electrons. The van der Waals surface area contributed by atoms with Gasteiger partial charge in [-0.3, -0.25) is 9.59 Å². The Kier molecular flexibility index (Phi) is 5.49. The highest BCUT2D eigenvalue weighted by atomic mass is 16.5. The zero-order chi connectivity index (χ0) is 19.4. The van der Waals surface area contributed by atoms with Gasteiger partial charge in [-0.25, -0.2) is 0 Å². The number of methoxy groups -OCH3 is 1. The van der Waals surface area contributed by atoms with E-state index in [4.69, 9.17) is 4.74 Å². The normalized spacial score (nSPS) is 14.3. The summed E-state index contributed by atoms with van der Waals surface area (Å²) in [6.45, 7) is 4.48. The molecule has 2 N–H and O–H groups in total. The Bertz CT molecular complexity index is 819. The van der Waals surface area contributed by atoms with E-state index in [2.05, 4.69) is 16.7 Å². The van der Waals surface area contributed by atoms with Crippen LogP contribution in [-0.2, 0) is 16.0 Å². The third-order valence-corrected chi connectivity index (χ3v) is 4.96. The van der Waals surface area contributed by atoms with Crippen LogP contribution < -0.4 is 15.4 Å². The van der Waals surface area contributed by atoms with Gasteiger partial charge in [0.15, 0.2) is 0 Å². The van der Waals surface area contributed by atoms with E-state index < -0.39 is 5.41 Å². The van der Waals surface area contributed by atoms with Gasteiger partial charge in [-0.1, -0.05) is 18.2 Å².